The summed E-state index contributed by atoms with van der Waals surface area (Å²) < 4.78 is 91.7. The molecule has 0 saturated heterocycles. The number of unbranched alkanes of at least 4 members (excludes halogenated alkanes) is 2. The highest BCUT2D eigenvalue weighted by atomic mass is 19.3. The normalized spacial score (nSPS) is 18.6. The minimum absolute atomic E-state index is 0.115. The van der Waals surface area contributed by atoms with Crippen molar-refractivity contribution in [1.29, 1.82) is 0 Å². The van der Waals surface area contributed by atoms with Crippen LogP contribution in [-0.4, -0.2) is 6.61 Å². The van der Waals surface area contributed by atoms with E-state index in [1.165, 1.54) is 31.0 Å². The van der Waals surface area contributed by atoms with Gasteiger partial charge in [-0.05, 0) is 73.1 Å². The average Bonchev–Trinajstić information content (AvgIpc) is 2.85. The molecule has 1 nitrogen and oxygen atoms in total. The van der Waals surface area contributed by atoms with Gasteiger partial charge in [-0.15, -0.1) is 0 Å². The lowest BCUT2D eigenvalue weighted by Crippen LogP contribution is -2.23. The van der Waals surface area contributed by atoms with E-state index in [2.05, 4.69) is 11.7 Å². The first kappa shape index (κ1) is 28.5. The highest BCUT2D eigenvalue weighted by molar-refractivity contribution is 5.31. The first-order valence-corrected chi connectivity index (χ1v) is 13.1. The highest BCUT2D eigenvalue weighted by Gasteiger charge is 2.38. The maximum atomic E-state index is 14.9. The van der Waals surface area contributed by atoms with Gasteiger partial charge in [0.2, 0.25) is 0 Å². The summed E-state index contributed by atoms with van der Waals surface area (Å²) in [6, 6.07) is 4.86. The van der Waals surface area contributed by atoms with Crippen molar-refractivity contribution in [2.24, 2.45) is 5.92 Å². The second-order valence-electron chi connectivity index (χ2n) is 9.92. The van der Waals surface area contributed by atoms with E-state index < -0.39 is 41.5 Å². The molecule has 36 heavy (non-hydrogen) atoms. The molecule has 1 saturated carbocycles. The minimum atomic E-state index is -4.11. The second-order valence-corrected chi connectivity index (χ2v) is 9.92. The van der Waals surface area contributed by atoms with E-state index in [0.29, 0.717) is 31.6 Å². The molecule has 1 fully saturated rings. The van der Waals surface area contributed by atoms with Crippen molar-refractivity contribution in [2.45, 2.75) is 96.5 Å². The predicted molar refractivity (Wildman–Crippen MR) is 129 cm³/mol. The lowest BCUT2D eigenvalue weighted by atomic mass is 9.76. The van der Waals surface area contributed by atoms with Crippen LogP contribution in [0.3, 0.4) is 0 Å². The van der Waals surface area contributed by atoms with Gasteiger partial charge >= 0.3 is 6.11 Å². The molecule has 7 heteroatoms. The molecule has 0 unspecified atom stereocenters. The van der Waals surface area contributed by atoms with E-state index in [1.54, 1.807) is 0 Å². The molecule has 0 heterocycles. The maximum Gasteiger partial charge on any atom is 0.386 e. The average molecular weight is 515 g/mol. The van der Waals surface area contributed by atoms with Crippen LogP contribution >= 0.6 is 0 Å². The fraction of sp³-hybridized carbons (Fsp3) is 0.586. The number of ether oxygens (including phenoxy) is 1. The number of rotatable bonds is 12. The van der Waals surface area contributed by atoms with Crippen molar-refractivity contribution in [3.8, 4) is 0 Å². The number of hydrogen-bond donors (Lipinski definition) is 0. The standard InChI is InChI=1S/C29H36F6O/c1-3-5-6-8-19-9-11-20(12-10-19)23-15-16-24(28(33)27(23)32)29(34,35)36-18-17-22-14-13-21(7-4-2)25(30)26(22)31/h13-16,19-20H,3-12,17-18H2,1-2H3/t19-,20-. The second kappa shape index (κ2) is 13.0. The summed E-state index contributed by atoms with van der Waals surface area (Å²) in [4.78, 5) is 0. The lowest BCUT2D eigenvalue weighted by Gasteiger charge is -2.29. The molecule has 1 aliphatic carbocycles. The molecule has 0 aliphatic heterocycles. The van der Waals surface area contributed by atoms with Crippen molar-refractivity contribution in [3.63, 3.8) is 0 Å². The number of hydrogen-bond acceptors (Lipinski definition) is 1. The van der Waals surface area contributed by atoms with Gasteiger partial charge in [0.15, 0.2) is 23.3 Å². The predicted octanol–water partition coefficient (Wildman–Crippen LogP) is 9.36. The molecular formula is C29H36F6O. The van der Waals surface area contributed by atoms with E-state index in [0.717, 1.165) is 31.7 Å². The third-order valence-electron chi connectivity index (χ3n) is 7.34. The molecule has 0 amide bonds. The molecule has 2 aromatic rings. The summed E-state index contributed by atoms with van der Waals surface area (Å²) in [5.41, 5.74) is -0.964. The van der Waals surface area contributed by atoms with Crippen molar-refractivity contribution in [3.05, 3.63) is 69.8 Å². The van der Waals surface area contributed by atoms with Gasteiger partial charge < -0.3 is 4.74 Å². The molecule has 0 aromatic heterocycles. The molecule has 1 aliphatic rings. The summed E-state index contributed by atoms with van der Waals surface area (Å²) in [5.74, 6) is -4.60. The van der Waals surface area contributed by atoms with Crippen molar-refractivity contribution in [2.75, 3.05) is 6.61 Å². The van der Waals surface area contributed by atoms with Gasteiger partial charge in [-0.3, -0.25) is 0 Å². The first-order valence-electron chi connectivity index (χ1n) is 13.1. The zero-order valence-electron chi connectivity index (χ0n) is 21.1. The van der Waals surface area contributed by atoms with Crippen LogP contribution in [0.1, 0.15) is 99.8 Å². The van der Waals surface area contributed by atoms with Crippen LogP contribution in [0.2, 0.25) is 0 Å². The smallest absolute Gasteiger partial charge is 0.316 e. The van der Waals surface area contributed by atoms with Gasteiger partial charge in [0.1, 0.15) is 0 Å². The van der Waals surface area contributed by atoms with E-state index in [4.69, 9.17) is 0 Å². The minimum Gasteiger partial charge on any atom is -0.316 e. The summed E-state index contributed by atoms with van der Waals surface area (Å²) in [7, 11) is 0. The third-order valence-corrected chi connectivity index (χ3v) is 7.34. The van der Waals surface area contributed by atoms with E-state index >= 15 is 0 Å². The summed E-state index contributed by atoms with van der Waals surface area (Å²) >= 11 is 0. The molecule has 0 radical (unpaired) electrons. The molecule has 3 rings (SSSR count). The maximum absolute atomic E-state index is 14.9. The molecule has 0 N–H and O–H groups in total. The zero-order valence-corrected chi connectivity index (χ0v) is 21.1. The Morgan fingerprint density at radius 3 is 2.00 bits per heavy atom. The largest absolute Gasteiger partial charge is 0.386 e. The number of halogens is 6. The van der Waals surface area contributed by atoms with Crippen molar-refractivity contribution in [1.82, 2.24) is 0 Å². The van der Waals surface area contributed by atoms with Crippen LogP contribution in [0.4, 0.5) is 26.3 Å². The highest BCUT2D eigenvalue weighted by Crippen LogP contribution is 2.41. The Bertz CT molecular complexity index is 998. The Balaban J connectivity index is 1.62. The quantitative estimate of drug-likeness (QED) is 0.203. The van der Waals surface area contributed by atoms with Gasteiger partial charge in [-0.2, -0.15) is 8.78 Å². The number of aryl methyl sites for hydroxylation is 1. The van der Waals surface area contributed by atoms with Crippen molar-refractivity contribution >= 4 is 0 Å². The van der Waals surface area contributed by atoms with Crippen LogP contribution in [0.25, 0.3) is 0 Å². The Hall–Kier alpha value is -2.02. The van der Waals surface area contributed by atoms with E-state index in [1.807, 2.05) is 6.92 Å². The van der Waals surface area contributed by atoms with Gasteiger partial charge in [0.25, 0.3) is 0 Å². The monoisotopic (exact) mass is 514 g/mol. The molecular weight excluding hydrogens is 478 g/mol. The Morgan fingerprint density at radius 2 is 1.39 bits per heavy atom. The topological polar surface area (TPSA) is 9.23 Å². The summed E-state index contributed by atoms with van der Waals surface area (Å²) in [6.45, 7) is 3.29. The van der Waals surface area contributed by atoms with Gasteiger partial charge in [0.05, 0.1) is 12.2 Å². The molecule has 0 bridgehead atoms. The zero-order chi connectivity index (χ0) is 26.3. The number of benzene rings is 2. The van der Waals surface area contributed by atoms with Gasteiger partial charge in [-0.1, -0.05) is 64.2 Å². The van der Waals surface area contributed by atoms with E-state index in [9.17, 15) is 26.3 Å². The third kappa shape index (κ3) is 6.84. The van der Waals surface area contributed by atoms with Crippen LogP contribution < -0.4 is 0 Å². The van der Waals surface area contributed by atoms with Crippen LogP contribution in [0.5, 0.6) is 0 Å². The Morgan fingerprint density at radius 1 is 0.750 bits per heavy atom. The molecule has 0 atom stereocenters. The van der Waals surface area contributed by atoms with Crippen LogP contribution in [0, 0.1) is 29.2 Å². The van der Waals surface area contributed by atoms with Crippen LogP contribution in [-0.2, 0) is 23.7 Å². The Labute approximate surface area is 210 Å². The number of alkyl halides is 2. The lowest BCUT2D eigenvalue weighted by molar-refractivity contribution is -0.250. The van der Waals surface area contributed by atoms with Crippen molar-refractivity contribution < 1.29 is 31.1 Å². The van der Waals surface area contributed by atoms with Gasteiger partial charge in [0, 0.05) is 0 Å². The fourth-order valence-electron chi connectivity index (χ4n) is 5.20. The molecule has 2 aromatic carbocycles. The molecule has 0 spiro atoms. The fourth-order valence-corrected chi connectivity index (χ4v) is 5.20. The SMILES string of the molecule is CCCCC[C@H]1CC[C@H](c2ccc(C(F)(F)OCCc3ccc(CCC)c(F)c3F)c(F)c2F)CC1. The summed E-state index contributed by atoms with van der Waals surface area (Å²) in [6.07, 6.45) is 4.45. The Kier molecular flexibility index (Phi) is 10.3. The summed E-state index contributed by atoms with van der Waals surface area (Å²) in [5, 5.41) is 0. The van der Waals surface area contributed by atoms with Gasteiger partial charge in [-0.25, -0.2) is 17.6 Å². The first-order chi connectivity index (χ1) is 17.2. The van der Waals surface area contributed by atoms with E-state index in [-0.39, 0.29) is 29.0 Å². The molecule has 200 valence electrons. The van der Waals surface area contributed by atoms with Crippen LogP contribution in [0.15, 0.2) is 24.3 Å².